The lowest BCUT2D eigenvalue weighted by Crippen LogP contribution is -2.44. The molecule has 2 aromatic carbocycles. The second-order valence-corrected chi connectivity index (χ2v) is 9.96. The highest BCUT2D eigenvalue weighted by molar-refractivity contribution is 5.91. The van der Waals surface area contributed by atoms with Gasteiger partial charge in [0.1, 0.15) is 5.75 Å². The van der Waals surface area contributed by atoms with Gasteiger partial charge < -0.3 is 14.4 Å². The zero-order chi connectivity index (χ0) is 22.7. The van der Waals surface area contributed by atoms with Crippen LogP contribution in [0.25, 0.3) is 0 Å². The standard InChI is InChI=1S/C28H36N2O3/c1-32-26-8-6-25(7-9-26)28(12-13-28)27(31)30-14-10-23(11-15-30)20-22-2-4-24(5-3-22)21-29-16-18-33-19-17-29/h2-9,23H,10-21H2,1H3. The molecule has 0 spiro atoms. The van der Waals surface area contributed by atoms with Gasteiger partial charge in [-0.2, -0.15) is 0 Å². The number of carbonyl (C=O) groups excluding carboxylic acids is 1. The van der Waals surface area contributed by atoms with Crippen molar-refractivity contribution in [1.29, 1.82) is 0 Å². The molecule has 5 nitrogen and oxygen atoms in total. The third kappa shape index (κ3) is 5.10. The predicted molar refractivity (Wildman–Crippen MR) is 129 cm³/mol. The van der Waals surface area contributed by atoms with E-state index in [0.717, 1.165) is 89.4 Å². The van der Waals surface area contributed by atoms with E-state index in [0.29, 0.717) is 11.8 Å². The Balaban J connectivity index is 1.11. The van der Waals surface area contributed by atoms with Crippen LogP contribution in [0.1, 0.15) is 42.4 Å². The van der Waals surface area contributed by atoms with Crippen LogP contribution in [-0.2, 0) is 27.9 Å². The molecular weight excluding hydrogens is 412 g/mol. The highest BCUT2D eigenvalue weighted by Gasteiger charge is 2.53. The Hall–Kier alpha value is -2.37. The summed E-state index contributed by atoms with van der Waals surface area (Å²) in [7, 11) is 1.68. The van der Waals surface area contributed by atoms with Crippen molar-refractivity contribution in [2.75, 3.05) is 46.5 Å². The summed E-state index contributed by atoms with van der Waals surface area (Å²) in [6.07, 6.45) is 5.24. The third-order valence-corrected chi connectivity index (χ3v) is 7.76. The first kappa shape index (κ1) is 22.4. The van der Waals surface area contributed by atoms with E-state index >= 15 is 0 Å². The van der Waals surface area contributed by atoms with Crippen LogP contribution in [0.4, 0.5) is 0 Å². The van der Waals surface area contributed by atoms with Crippen molar-refractivity contribution in [1.82, 2.24) is 9.80 Å². The largest absolute Gasteiger partial charge is 0.497 e. The van der Waals surface area contributed by atoms with Gasteiger partial charge in [-0.1, -0.05) is 36.4 Å². The van der Waals surface area contributed by atoms with E-state index < -0.39 is 0 Å². The molecule has 0 bridgehead atoms. The van der Waals surface area contributed by atoms with Gasteiger partial charge in [0.05, 0.1) is 25.7 Å². The molecule has 1 amide bonds. The number of piperidine rings is 1. The third-order valence-electron chi connectivity index (χ3n) is 7.76. The summed E-state index contributed by atoms with van der Waals surface area (Å²) in [5, 5.41) is 0. The van der Waals surface area contributed by atoms with Crippen molar-refractivity contribution >= 4 is 5.91 Å². The quantitative estimate of drug-likeness (QED) is 0.641. The second-order valence-electron chi connectivity index (χ2n) is 9.96. The highest BCUT2D eigenvalue weighted by Crippen LogP contribution is 2.50. The predicted octanol–water partition coefficient (Wildman–Crippen LogP) is 4.04. The first-order valence-electron chi connectivity index (χ1n) is 12.5. The average molecular weight is 449 g/mol. The van der Waals surface area contributed by atoms with E-state index in [1.165, 1.54) is 11.1 Å². The van der Waals surface area contributed by atoms with E-state index in [-0.39, 0.29) is 5.41 Å². The molecule has 3 fully saturated rings. The molecule has 0 atom stereocenters. The van der Waals surface area contributed by atoms with Gasteiger partial charge in [-0.15, -0.1) is 0 Å². The Bertz CT molecular complexity index is 923. The average Bonchev–Trinajstić information content (AvgIpc) is 3.68. The lowest BCUT2D eigenvalue weighted by atomic mass is 9.88. The molecule has 5 heteroatoms. The van der Waals surface area contributed by atoms with Gasteiger partial charge in [-0.05, 0) is 66.8 Å². The van der Waals surface area contributed by atoms with Crippen molar-refractivity contribution in [3.63, 3.8) is 0 Å². The Morgan fingerprint density at radius 1 is 0.939 bits per heavy atom. The summed E-state index contributed by atoms with van der Waals surface area (Å²) in [5.41, 5.74) is 3.67. The highest BCUT2D eigenvalue weighted by atomic mass is 16.5. The van der Waals surface area contributed by atoms with Crippen LogP contribution in [-0.4, -0.2) is 62.2 Å². The van der Waals surface area contributed by atoms with Crippen LogP contribution in [0, 0.1) is 5.92 Å². The molecule has 2 aromatic rings. The van der Waals surface area contributed by atoms with Crippen LogP contribution in [0.3, 0.4) is 0 Å². The van der Waals surface area contributed by atoms with Gasteiger partial charge in [-0.3, -0.25) is 9.69 Å². The Morgan fingerprint density at radius 2 is 1.58 bits per heavy atom. The lowest BCUT2D eigenvalue weighted by molar-refractivity contribution is -0.135. The molecule has 33 heavy (non-hydrogen) atoms. The van der Waals surface area contributed by atoms with Crippen LogP contribution in [0.15, 0.2) is 48.5 Å². The van der Waals surface area contributed by atoms with Gasteiger partial charge in [0.2, 0.25) is 5.91 Å². The van der Waals surface area contributed by atoms with E-state index in [4.69, 9.17) is 9.47 Å². The number of carbonyl (C=O) groups is 1. The molecule has 3 aliphatic rings. The molecule has 1 saturated carbocycles. The molecule has 0 aromatic heterocycles. The smallest absolute Gasteiger partial charge is 0.233 e. The van der Waals surface area contributed by atoms with Gasteiger partial charge >= 0.3 is 0 Å². The van der Waals surface area contributed by atoms with Gasteiger partial charge in [0, 0.05) is 32.7 Å². The van der Waals surface area contributed by atoms with Gasteiger partial charge in [-0.25, -0.2) is 0 Å². The monoisotopic (exact) mass is 448 g/mol. The van der Waals surface area contributed by atoms with Crippen LogP contribution < -0.4 is 4.74 Å². The molecule has 176 valence electrons. The maximum atomic E-state index is 13.4. The number of hydrogen-bond acceptors (Lipinski definition) is 4. The summed E-state index contributed by atoms with van der Waals surface area (Å²) < 4.78 is 10.7. The number of benzene rings is 2. The molecule has 0 unspecified atom stereocenters. The van der Waals surface area contributed by atoms with Gasteiger partial charge in [0.25, 0.3) is 0 Å². The minimum atomic E-state index is -0.282. The van der Waals surface area contributed by atoms with Crippen LogP contribution in [0.2, 0.25) is 0 Å². The van der Waals surface area contributed by atoms with Crippen LogP contribution in [0.5, 0.6) is 5.75 Å². The molecule has 2 saturated heterocycles. The van der Waals surface area contributed by atoms with E-state index in [1.807, 2.05) is 12.1 Å². The molecule has 5 rings (SSSR count). The van der Waals surface area contributed by atoms with Crippen molar-refractivity contribution in [3.8, 4) is 5.75 Å². The summed E-state index contributed by atoms with van der Waals surface area (Å²) in [6.45, 7) is 6.53. The number of rotatable bonds is 7. The van der Waals surface area contributed by atoms with E-state index in [9.17, 15) is 4.79 Å². The molecule has 2 aliphatic heterocycles. The zero-order valence-corrected chi connectivity index (χ0v) is 19.8. The van der Waals surface area contributed by atoms with E-state index in [1.54, 1.807) is 7.11 Å². The van der Waals surface area contributed by atoms with E-state index in [2.05, 4.69) is 46.2 Å². The summed E-state index contributed by atoms with van der Waals surface area (Å²) in [4.78, 5) is 18.0. The van der Waals surface area contributed by atoms with Crippen molar-refractivity contribution in [3.05, 3.63) is 65.2 Å². The Kier molecular flexibility index (Phi) is 6.70. The minimum Gasteiger partial charge on any atom is -0.497 e. The molecule has 1 aliphatic carbocycles. The Labute approximate surface area is 197 Å². The number of likely N-dealkylation sites (tertiary alicyclic amines) is 1. The fraction of sp³-hybridized carbons (Fsp3) is 0.536. The fourth-order valence-electron chi connectivity index (χ4n) is 5.44. The van der Waals surface area contributed by atoms with Crippen molar-refractivity contribution in [2.45, 2.75) is 44.1 Å². The second kappa shape index (κ2) is 9.86. The number of amides is 1. The van der Waals surface area contributed by atoms with Crippen LogP contribution >= 0.6 is 0 Å². The SMILES string of the molecule is COc1ccc(C2(C(=O)N3CCC(Cc4ccc(CN5CCOCC5)cc4)CC3)CC2)cc1. The normalized spacial score (nSPS) is 21.1. The summed E-state index contributed by atoms with van der Waals surface area (Å²) in [6, 6.07) is 17.3. The zero-order valence-electron chi connectivity index (χ0n) is 19.8. The maximum Gasteiger partial charge on any atom is 0.233 e. The lowest BCUT2D eigenvalue weighted by Gasteiger charge is -2.34. The van der Waals surface area contributed by atoms with Crippen molar-refractivity contribution in [2.24, 2.45) is 5.92 Å². The topological polar surface area (TPSA) is 42.0 Å². The molecule has 2 heterocycles. The first-order valence-corrected chi connectivity index (χ1v) is 12.5. The number of morpholine rings is 1. The number of ether oxygens (including phenoxy) is 2. The molecule has 0 N–H and O–H groups in total. The minimum absolute atomic E-state index is 0.282. The number of nitrogens with zero attached hydrogens (tertiary/aromatic N) is 2. The summed E-state index contributed by atoms with van der Waals surface area (Å²) >= 11 is 0. The fourth-order valence-corrected chi connectivity index (χ4v) is 5.44. The number of hydrogen-bond donors (Lipinski definition) is 0. The van der Waals surface area contributed by atoms with Crippen molar-refractivity contribution < 1.29 is 14.3 Å². The number of methoxy groups -OCH3 is 1. The van der Waals surface area contributed by atoms with Gasteiger partial charge in [0.15, 0.2) is 0 Å². The molecule has 0 radical (unpaired) electrons. The first-order chi connectivity index (χ1) is 16.2. The maximum absolute atomic E-state index is 13.4. The molecular formula is C28H36N2O3. The Morgan fingerprint density at radius 3 is 2.18 bits per heavy atom. The summed E-state index contributed by atoms with van der Waals surface area (Å²) in [5.74, 6) is 1.84.